The van der Waals surface area contributed by atoms with Crippen molar-refractivity contribution >= 4 is 5.91 Å². The molecule has 4 nitrogen and oxygen atoms in total. The lowest BCUT2D eigenvalue weighted by atomic mass is 10.1. The van der Waals surface area contributed by atoms with E-state index >= 15 is 0 Å². The van der Waals surface area contributed by atoms with E-state index in [1.807, 2.05) is 13.1 Å². The van der Waals surface area contributed by atoms with E-state index in [0.29, 0.717) is 5.69 Å². The number of carbonyl (C=O) groups excluding carboxylic acids is 1. The van der Waals surface area contributed by atoms with Crippen molar-refractivity contribution in [2.24, 2.45) is 0 Å². The Bertz CT molecular complexity index is 331. The molecule has 14 heavy (non-hydrogen) atoms. The Labute approximate surface area is 83.8 Å². The van der Waals surface area contributed by atoms with Gasteiger partial charge in [0.15, 0.2) is 0 Å². The molecule has 78 valence electrons. The number of aryl methyl sites for hydroxylation is 1. The first-order valence-corrected chi connectivity index (χ1v) is 4.60. The van der Waals surface area contributed by atoms with Crippen molar-refractivity contribution in [2.75, 3.05) is 14.2 Å². The number of nitrogens with one attached hydrogen (secondary N) is 1. The topological polar surface area (TPSA) is 45.3 Å². The van der Waals surface area contributed by atoms with Crippen molar-refractivity contribution in [1.82, 2.24) is 10.0 Å². The van der Waals surface area contributed by atoms with Crippen LogP contribution in [0.3, 0.4) is 0 Å². The van der Waals surface area contributed by atoms with Gasteiger partial charge >= 0.3 is 0 Å². The predicted octanol–water partition coefficient (Wildman–Crippen LogP) is 1.52. The van der Waals surface area contributed by atoms with E-state index < -0.39 is 0 Å². The van der Waals surface area contributed by atoms with Crippen LogP contribution in [-0.4, -0.2) is 30.1 Å². The zero-order valence-corrected chi connectivity index (χ0v) is 9.05. The Kier molecular flexibility index (Phi) is 3.30. The van der Waals surface area contributed by atoms with Gasteiger partial charge in [-0.3, -0.25) is 9.63 Å². The molecule has 0 spiro atoms. The summed E-state index contributed by atoms with van der Waals surface area (Å²) >= 11 is 0. The van der Waals surface area contributed by atoms with Gasteiger partial charge in [0.2, 0.25) is 0 Å². The third kappa shape index (κ3) is 1.80. The number of hydrogen-bond donors (Lipinski definition) is 1. The molecule has 1 rings (SSSR count). The molecule has 1 N–H and O–H groups in total. The van der Waals surface area contributed by atoms with Crippen molar-refractivity contribution in [3.8, 4) is 0 Å². The van der Waals surface area contributed by atoms with Crippen LogP contribution in [0.1, 0.15) is 28.5 Å². The minimum absolute atomic E-state index is 0.148. The Morgan fingerprint density at radius 2 is 2.29 bits per heavy atom. The largest absolute Gasteiger partial charge is 0.357 e. The molecular formula is C10H16N2O2. The molecule has 1 heterocycles. The molecule has 0 radical (unpaired) electrons. The quantitative estimate of drug-likeness (QED) is 0.745. The normalized spacial score (nSPS) is 10.3. The molecular weight excluding hydrogens is 180 g/mol. The Morgan fingerprint density at radius 3 is 2.71 bits per heavy atom. The van der Waals surface area contributed by atoms with Crippen LogP contribution in [0.5, 0.6) is 0 Å². The van der Waals surface area contributed by atoms with Gasteiger partial charge in [-0.1, -0.05) is 6.92 Å². The summed E-state index contributed by atoms with van der Waals surface area (Å²) in [5, 5.41) is 1.21. The molecule has 1 amide bonds. The van der Waals surface area contributed by atoms with Crippen LogP contribution in [0, 0.1) is 6.92 Å². The molecule has 0 bridgehead atoms. The fraction of sp³-hybridized carbons (Fsp3) is 0.500. The first kappa shape index (κ1) is 10.8. The van der Waals surface area contributed by atoms with Gasteiger partial charge in [0, 0.05) is 13.2 Å². The highest BCUT2D eigenvalue weighted by atomic mass is 16.7. The monoisotopic (exact) mass is 196 g/mol. The van der Waals surface area contributed by atoms with Crippen molar-refractivity contribution < 1.29 is 9.63 Å². The third-order valence-electron chi connectivity index (χ3n) is 2.40. The molecule has 0 aromatic carbocycles. The lowest BCUT2D eigenvalue weighted by Gasteiger charge is -2.12. The Morgan fingerprint density at radius 1 is 1.64 bits per heavy atom. The van der Waals surface area contributed by atoms with Crippen LogP contribution in [0.15, 0.2) is 6.20 Å². The standard InChI is InChI=1S/C10H16N2O2/c1-5-8-6-11-9(7(8)2)10(13)12(3)14-4/h6,11H,5H2,1-4H3. The Hall–Kier alpha value is -1.29. The summed E-state index contributed by atoms with van der Waals surface area (Å²) in [6, 6.07) is 0. The van der Waals surface area contributed by atoms with Crippen molar-refractivity contribution in [2.45, 2.75) is 20.3 Å². The van der Waals surface area contributed by atoms with Gasteiger partial charge < -0.3 is 4.98 Å². The lowest BCUT2D eigenvalue weighted by molar-refractivity contribution is -0.0760. The predicted molar refractivity (Wildman–Crippen MR) is 54.0 cm³/mol. The maximum atomic E-state index is 11.7. The fourth-order valence-corrected chi connectivity index (χ4v) is 1.37. The molecule has 0 aliphatic carbocycles. The summed E-state index contributed by atoms with van der Waals surface area (Å²) in [6.45, 7) is 4.00. The van der Waals surface area contributed by atoms with E-state index in [2.05, 4.69) is 11.9 Å². The summed E-state index contributed by atoms with van der Waals surface area (Å²) in [7, 11) is 3.06. The second-order valence-electron chi connectivity index (χ2n) is 3.15. The number of nitrogens with zero attached hydrogens (tertiary/aromatic N) is 1. The second-order valence-corrected chi connectivity index (χ2v) is 3.15. The van der Waals surface area contributed by atoms with Crippen LogP contribution < -0.4 is 0 Å². The fourth-order valence-electron chi connectivity index (χ4n) is 1.37. The third-order valence-corrected chi connectivity index (χ3v) is 2.40. The van der Waals surface area contributed by atoms with E-state index in [-0.39, 0.29) is 5.91 Å². The van der Waals surface area contributed by atoms with E-state index in [1.165, 1.54) is 12.2 Å². The van der Waals surface area contributed by atoms with Crippen LogP contribution in [0.4, 0.5) is 0 Å². The highest BCUT2D eigenvalue weighted by Gasteiger charge is 2.16. The molecule has 1 aromatic rings. The number of hydrogen-bond acceptors (Lipinski definition) is 2. The maximum Gasteiger partial charge on any atom is 0.293 e. The van der Waals surface area contributed by atoms with Gasteiger partial charge in [-0.15, -0.1) is 0 Å². The van der Waals surface area contributed by atoms with Gasteiger partial charge in [0.1, 0.15) is 5.69 Å². The highest BCUT2D eigenvalue weighted by molar-refractivity contribution is 5.93. The Balaban J connectivity index is 2.96. The van der Waals surface area contributed by atoms with Crippen LogP contribution in [0.2, 0.25) is 0 Å². The van der Waals surface area contributed by atoms with Crippen molar-refractivity contribution in [1.29, 1.82) is 0 Å². The molecule has 0 fully saturated rings. The molecule has 0 saturated carbocycles. The summed E-state index contributed by atoms with van der Waals surface area (Å²) in [5.41, 5.74) is 2.77. The van der Waals surface area contributed by atoms with Gasteiger partial charge in [0.05, 0.1) is 7.11 Å². The average molecular weight is 196 g/mol. The van der Waals surface area contributed by atoms with Gasteiger partial charge in [0.25, 0.3) is 5.91 Å². The SMILES string of the molecule is CCc1c[nH]c(C(=O)N(C)OC)c1C. The van der Waals surface area contributed by atoms with E-state index in [1.54, 1.807) is 7.05 Å². The summed E-state index contributed by atoms with van der Waals surface area (Å²) in [4.78, 5) is 19.5. The molecule has 0 aliphatic rings. The number of carbonyl (C=O) groups is 1. The first-order valence-electron chi connectivity index (χ1n) is 4.60. The molecule has 0 aliphatic heterocycles. The van der Waals surface area contributed by atoms with Gasteiger partial charge in [-0.25, -0.2) is 5.06 Å². The summed E-state index contributed by atoms with van der Waals surface area (Å²) in [6.07, 6.45) is 2.79. The van der Waals surface area contributed by atoms with E-state index in [9.17, 15) is 4.79 Å². The van der Waals surface area contributed by atoms with Crippen LogP contribution in [0.25, 0.3) is 0 Å². The highest BCUT2D eigenvalue weighted by Crippen LogP contribution is 2.14. The van der Waals surface area contributed by atoms with Gasteiger partial charge in [-0.05, 0) is 24.5 Å². The lowest BCUT2D eigenvalue weighted by Crippen LogP contribution is -2.26. The van der Waals surface area contributed by atoms with E-state index in [4.69, 9.17) is 4.84 Å². The zero-order valence-electron chi connectivity index (χ0n) is 9.05. The number of amides is 1. The van der Waals surface area contributed by atoms with Crippen molar-refractivity contribution in [3.63, 3.8) is 0 Å². The van der Waals surface area contributed by atoms with Gasteiger partial charge in [-0.2, -0.15) is 0 Å². The number of H-pyrrole nitrogens is 1. The summed E-state index contributed by atoms with van der Waals surface area (Å²) < 4.78 is 0. The number of aromatic amines is 1. The molecule has 0 atom stereocenters. The molecule has 1 aromatic heterocycles. The number of hydroxylamine groups is 2. The maximum absolute atomic E-state index is 11.7. The molecule has 4 heteroatoms. The zero-order chi connectivity index (χ0) is 10.7. The van der Waals surface area contributed by atoms with Crippen LogP contribution >= 0.6 is 0 Å². The van der Waals surface area contributed by atoms with Crippen molar-refractivity contribution in [3.05, 3.63) is 23.0 Å². The van der Waals surface area contributed by atoms with E-state index in [0.717, 1.165) is 17.5 Å². The minimum atomic E-state index is -0.148. The molecule has 0 unspecified atom stereocenters. The van der Waals surface area contributed by atoms with Crippen LogP contribution in [-0.2, 0) is 11.3 Å². The average Bonchev–Trinajstić information content (AvgIpc) is 2.57. The smallest absolute Gasteiger partial charge is 0.293 e. The minimum Gasteiger partial charge on any atom is -0.357 e. The summed E-state index contributed by atoms with van der Waals surface area (Å²) in [5.74, 6) is -0.148. The number of aromatic nitrogens is 1. The second kappa shape index (κ2) is 4.28. The molecule has 0 saturated heterocycles. The number of rotatable bonds is 3. The first-order chi connectivity index (χ1) is 6.61.